The molecule has 1 aromatic carbocycles. The number of piperazine rings is 1. The number of hydrogen-bond donors (Lipinski definition) is 3. The number of halogens is 1. The Balaban J connectivity index is 2.31. The number of benzene rings is 1. The van der Waals surface area contributed by atoms with Crippen LogP contribution in [0.25, 0.3) is 0 Å². The third-order valence-electron chi connectivity index (χ3n) is 4.19. The highest BCUT2D eigenvalue weighted by atomic mass is 19.1. The second-order valence-corrected chi connectivity index (χ2v) is 5.79. The SMILES string of the molecule is C[C@@H]1CN(C(=O)O)[C@@H](C)CN1C(C(=O)NN)c1ccc(F)cc1. The highest BCUT2D eigenvalue weighted by Gasteiger charge is 2.38. The van der Waals surface area contributed by atoms with Crippen LogP contribution in [0.15, 0.2) is 24.3 Å². The fourth-order valence-electron chi connectivity index (χ4n) is 3.00. The third kappa shape index (κ3) is 3.59. The van der Waals surface area contributed by atoms with Gasteiger partial charge in [-0.15, -0.1) is 0 Å². The summed E-state index contributed by atoms with van der Waals surface area (Å²) in [6, 6.07) is 4.49. The van der Waals surface area contributed by atoms with Crippen LogP contribution in [0.3, 0.4) is 0 Å². The Morgan fingerprint density at radius 1 is 1.26 bits per heavy atom. The molecule has 0 spiro atoms. The van der Waals surface area contributed by atoms with Crippen LogP contribution < -0.4 is 11.3 Å². The average molecular weight is 324 g/mol. The lowest BCUT2D eigenvalue weighted by Gasteiger charge is -2.45. The summed E-state index contributed by atoms with van der Waals surface area (Å²) in [6.45, 7) is 4.30. The first kappa shape index (κ1) is 17.2. The lowest BCUT2D eigenvalue weighted by molar-refractivity contribution is -0.129. The molecule has 8 heteroatoms. The topological polar surface area (TPSA) is 98.9 Å². The zero-order chi connectivity index (χ0) is 17.1. The molecule has 7 nitrogen and oxygen atoms in total. The van der Waals surface area contributed by atoms with Crippen molar-refractivity contribution < 1.29 is 19.1 Å². The number of rotatable bonds is 3. The van der Waals surface area contributed by atoms with Gasteiger partial charge in [0.2, 0.25) is 0 Å². The van der Waals surface area contributed by atoms with Gasteiger partial charge in [-0.1, -0.05) is 12.1 Å². The third-order valence-corrected chi connectivity index (χ3v) is 4.19. The Kier molecular flexibility index (Phi) is 5.17. The van der Waals surface area contributed by atoms with Gasteiger partial charge < -0.3 is 10.0 Å². The summed E-state index contributed by atoms with van der Waals surface area (Å²) < 4.78 is 13.1. The van der Waals surface area contributed by atoms with E-state index in [0.717, 1.165) is 0 Å². The van der Waals surface area contributed by atoms with E-state index < -0.39 is 23.9 Å². The normalized spacial score (nSPS) is 23.4. The van der Waals surface area contributed by atoms with Gasteiger partial charge in [0.25, 0.3) is 5.91 Å². The van der Waals surface area contributed by atoms with Crippen LogP contribution in [-0.4, -0.2) is 52.1 Å². The fourth-order valence-corrected chi connectivity index (χ4v) is 3.00. The smallest absolute Gasteiger partial charge is 0.407 e. The maximum Gasteiger partial charge on any atom is 0.407 e. The van der Waals surface area contributed by atoms with Crippen LogP contribution in [0.4, 0.5) is 9.18 Å². The summed E-state index contributed by atoms with van der Waals surface area (Å²) in [5.74, 6) is 4.49. The molecule has 1 saturated heterocycles. The predicted molar refractivity (Wildman–Crippen MR) is 81.8 cm³/mol. The maximum atomic E-state index is 13.1. The molecule has 1 fully saturated rings. The van der Waals surface area contributed by atoms with Gasteiger partial charge in [-0.05, 0) is 31.5 Å². The summed E-state index contributed by atoms with van der Waals surface area (Å²) in [5, 5.41) is 9.22. The van der Waals surface area contributed by atoms with Crippen LogP contribution in [0, 0.1) is 5.82 Å². The molecule has 4 N–H and O–H groups in total. The van der Waals surface area contributed by atoms with Crippen LogP contribution >= 0.6 is 0 Å². The van der Waals surface area contributed by atoms with Crippen molar-refractivity contribution in [3.8, 4) is 0 Å². The van der Waals surface area contributed by atoms with Gasteiger partial charge in [0.05, 0.1) is 0 Å². The average Bonchev–Trinajstić information content (AvgIpc) is 2.51. The lowest BCUT2D eigenvalue weighted by atomic mass is 9.99. The first-order valence-corrected chi connectivity index (χ1v) is 7.36. The molecular formula is C15H21FN4O3. The first-order valence-electron chi connectivity index (χ1n) is 7.36. The van der Waals surface area contributed by atoms with Gasteiger partial charge in [-0.3, -0.25) is 15.1 Å². The number of carbonyl (C=O) groups excluding carboxylic acids is 1. The number of nitrogens with one attached hydrogen (secondary N) is 1. The maximum absolute atomic E-state index is 13.1. The van der Waals surface area contributed by atoms with E-state index in [1.165, 1.54) is 29.2 Å². The summed E-state index contributed by atoms with van der Waals surface area (Å²) in [5.41, 5.74) is 2.75. The van der Waals surface area contributed by atoms with E-state index in [2.05, 4.69) is 5.43 Å². The largest absolute Gasteiger partial charge is 0.465 e. The molecule has 1 heterocycles. The number of amides is 2. The van der Waals surface area contributed by atoms with Gasteiger partial charge in [0, 0.05) is 25.2 Å². The molecule has 1 aliphatic heterocycles. The van der Waals surface area contributed by atoms with Crippen LogP contribution in [0.2, 0.25) is 0 Å². The highest BCUT2D eigenvalue weighted by Crippen LogP contribution is 2.28. The van der Waals surface area contributed by atoms with E-state index in [-0.39, 0.29) is 18.6 Å². The van der Waals surface area contributed by atoms with Gasteiger partial charge in [0.15, 0.2) is 0 Å². The minimum Gasteiger partial charge on any atom is -0.465 e. The number of nitrogens with zero attached hydrogens (tertiary/aromatic N) is 2. The first-order chi connectivity index (χ1) is 10.8. The fraction of sp³-hybridized carbons (Fsp3) is 0.467. The minimum absolute atomic E-state index is 0.186. The van der Waals surface area contributed by atoms with Crippen molar-refractivity contribution in [1.29, 1.82) is 0 Å². The number of nitrogens with two attached hydrogens (primary N) is 1. The van der Waals surface area contributed by atoms with Crippen LogP contribution in [0.1, 0.15) is 25.5 Å². The van der Waals surface area contributed by atoms with Gasteiger partial charge in [0.1, 0.15) is 11.9 Å². The Morgan fingerprint density at radius 3 is 2.39 bits per heavy atom. The van der Waals surface area contributed by atoms with Crippen molar-refractivity contribution in [3.63, 3.8) is 0 Å². The van der Waals surface area contributed by atoms with E-state index in [1.807, 2.05) is 11.8 Å². The van der Waals surface area contributed by atoms with Crippen molar-refractivity contribution in [2.75, 3.05) is 13.1 Å². The molecule has 3 atom stereocenters. The van der Waals surface area contributed by atoms with Crippen LogP contribution in [0.5, 0.6) is 0 Å². The van der Waals surface area contributed by atoms with E-state index in [4.69, 9.17) is 5.84 Å². The Bertz CT molecular complexity index is 581. The molecule has 0 aromatic heterocycles. The summed E-state index contributed by atoms with van der Waals surface area (Å²) in [4.78, 5) is 26.8. The summed E-state index contributed by atoms with van der Waals surface area (Å²) >= 11 is 0. The highest BCUT2D eigenvalue weighted by molar-refractivity contribution is 5.82. The van der Waals surface area contributed by atoms with Crippen molar-refractivity contribution in [1.82, 2.24) is 15.2 Å². The van der Waals surface area contributed by atoms with Gasteiger partial charge in [-0.2, -0.15) is 0 Å². The molecule has 1 aliphatic rings. The zero-order valence-corrected chi connectivity index (χ0v) is 13.1. The standard InChI is InChI=1S/C15H21FN4O3/c1-9-8-20(15(22)23)10(2)7-19(9)13(14(21)18-17)11-3-5-12(16)6-4-11/h3-6,9-10,13H,7-8,17H2,1-2H3,(H,18,21)(H,22,23)/t9-,10+,13?/m1/s1. The van der Waals surface area contributed by atoms with Crippen molar-refractivity contribution in [2.45, 2.75) is 32.0 Å². The molecule has 1 unspecified atom stereocenters. The summed E-state index contributed by atoms with van der Waals surface area (Å²) in [7, 11) is 0. The Morgan fingerprint density at radius 2 is 1.87 bits per heavy atom. The van der Waals surface area contributed by atoms with E-state index >= 15 is 0 Å². The number of carboxylic acid groups (broad SMARTS) is 1. The number of hydrazine groups is 1. The summed E-state index contributed by atoms with van der Waals surface area (Å²) in [6.07, 6.45) is -0.981. The molecule has 0 aliphatic carbocycles. The van der Waals surface area contributed by atoms with Gasteiger partial charge in [-0.25, -0.2) is 15.0 Å². The number of carbonyl (C=O) groups is 2. The van der Waals surface area contributed by atoms with Crippen molar-refractivity contribution >= 4 is 12.0 Å². The molecule has 126 valence electrons. The second kappa shape index (κ2) is 6.93. The van der Waals surface area contributed by atoms with E-state index in [9.17, 15) is 19.1 Å². The minimum atomic E-state index is -0.981. The quantitative estimate of drug-likeness (QED) is 0.436. The Hall–Kier alpha value is -2.19. The van der Waals surface area contributed by atoms with E-state index in [0.29, 0.717) is 12.1 Å². The molecule has 0 radical (unpaired) electrons. The monoisotopic (exact) mass is 324 g/mol. The Labute approximate surface area is 133 Å². The second-order valence-electron chi connectivity index (χ2n) is 5.79. The molecule has 1 aromatic rings. The molecule has 2 amide bonds. The molecule has 0 saturated carbocycles. The molecule has 0 bridgehead atoms. The number of hydrogen-bond acceptors (Lipinski definition) is 4. The molecule has 2 rings (SSSR count). The molecular weight excluding hydrogens is 303 g/mol. The van der Waals surface area contributed by atoms with Crippen LogP contribution in [-0.2, 0) is 4.79 Å². The van der Waals surface area contributed by atoms with Gasteiger partial charge >= 0.3 is 6.09 Å². The zero-order valence-electron chi connectivity index (χ0n) is 13.1. The van der Waals surface area contributed by atoms with Crippen molar-refractivity contribution in [3.05, 3.63) is 35.6 Å². The molecule has 23 heavy (non-hydrogen) atoms. The van der Waals surface area contributed by atoms with E-state index in [1.54, 1.807) is 6.92 Å². The van der Waals surface area contributed by atoms with Crippen molar-refractivity contribution in [2.24, 2.45) is 5.84 Å². The lowest BCUT2D eigenvalue weighted by Crippen LogP contribution is -2.60. The predicted octanol–water partition coefficient (Wildman–Crippen LogP) is 0.929.